The van der Waals surface area contributed by atoms with Gasteiger partial charge in [-0.05, 0) is 26.2 Å². The van der Waals surface area contributed by atoms with Crippen LogP contribution in [-0.4, -0.2) is 0 Å². The Balaban J connectivity index is 2.82. The third-order valence-electron chi connectivity index (χ3n) is 1.90. The van der Waals surface area contributed by atoms with Gasteiger partial charge >= 0.3 is 0 Å². The van der Waals surface area contributed by atoms with Crippen molar-refractivity contribution < 1.29 is 0 Å². The fourth-order valence-electron chi connectivity index (χ4n) is 1.46. The van der Waals surface area contributed by atoms with Gasteiger partial charge in [0.05, 0.1) is 0 Å². The van der Waals surface area contributed by atoms with Crippen molar-refractivity contribution in [3.63, 3.8) is 0 Å². The molecule has 0 aliphatic heterocycles. The van der Waals surface area contributed by atoms with E-state index in [9.17, 15) is 0 Å². The minimum Gasteiger partial charge on any atom is -0.0786 e. The first-order valence-electron chi connectivity index (χ1n) is 4.20. The van der Waals surface area contributed by atoms with Crippen LogP contribution in [0.3, 0.4) is 0 Å². The van der Waals surface area contributed by atoms with Gasteiger partial charge in [0.1, 0.15) is 0 Å². The first-order valence-corrected chi connectivity index (χ1v) is 4.20. The van der Waals surface area contributed by atoms with Crippen LogP contribution in [-0.2, 0) is 0 Å². The fourth-order valence-corrected chi connectivity index (χ4v) is 1.46. The van der Waals surface area contributed by atoms with E-state index in [1.165, 1.54) is 11.1 Å². The van der Waals surface area contributed by atoms with Crippen molar-refractivity contribution >= 4 is 0 Å². The van der Waals surface area contributed by atoms with Crippen molar-refractivity contribution in [2.24, 2.45) is 5.92 Å². The number of hydrogen-bond donors (Lipinski definition) is 0. The summed E-state index contributed by atoms with van der Waals surface area (Å²) in [6, 6.07) is 0. The Kier molecular flexibility index (Phi) is 2.70. The molecule has 60 valence electrons. The van der Waals surface area contributed by atoms with E-state index in [-0.39, 0.29) is 0 Å². The fraction of sp³-hybridized carbons (Fsp3) is 0.455. The van der Waals surface area contributed by atoms with Crippen molar-refractivity contribution in [2.45, 2.75) is 27.2 Å². The van der Waals surface area contributed by atoms with Crippen LogP contribution < -0.4 is 0 Å². The predicted molar refractivity (Wildman–Crippen MR) is 50.4 cm³/mol. The van der Waals surface area contributed by atoms with Crippen molar-refractivity contribution in [1.29, 1.82) is 0 Å². The molecule has 11 heavy (non-hydrogen) atoms. The average Bonchev–Trinajstić information content (AvgIpc) is 1.83. The molecule has 0 saturated heterocycles. The SMILES string of the molecule is C/C1=C/C=C/C(C)/C=C(\C)C1. The summed E-state index contributed by atoms with van der Waals surface area (Å²) in [5.74, 6) is 0.597. The smallest absolute Gasteiger partial charge is 0.00761 e. The minimum atomic E-state index is 0.597. The van der Waals surface area contributed by atoms with Crippen LogP contribution in [0.5, 0.6) is 0 Å². The second-order valence-corrected chi connectivity index (χ2v) is 3.45. The Morgan fingerprint density at radius 2 is 2.00 bits per heavy atom. The lowest BCUT2D eigenvalue weighted by Crippen LogP contribution is -1.89. The van der Waals surface area contributed by atoms with E-state index in [0.717, 1.165) is 6.42 Å². The molecule has 0 radical (unpaired) electrons. The van der Waals surface area contributed by atoms with Gasteiger partial charge in [-0.15, -0.1) is 0 Å². The monoisotopic (exact) mass is 148 g/mol. The van der Waals surface area contributed by atoms with Gasteiger partial charge in [-0.25, -0.2) is 0 Å². The van der Waals surface area contributed by atoms with E-state index in [0.29, 0.717) is 5.92 Å². The maximum absolute atomic E-state index is 2.33. The van der Waals surface area contributed by atoms with Crippen molar-refractivity contribution in [3.8, 4) is 0 Å². The Morgan fingerprint density at radius 1 is 1.27 bits per heavy atom. The highest BCUT2D eigenvalue weighted by Gasteiger charge is 1.97. The molecule has 0 fully saturated rings. The maximum Gasteiger partial charge on any atom is -0.00761 e. The number of rotatable bonds is 0. The molecule has 1 aliphatic rings. The molecule has 1 unspecified atom stereocenters. The Morgan fingerprint density at radius 3 is 2.73 bits per heavy atom. The topological polar surface area (TPSA) is 0 Å². The van der Waals surface area contributed by atoms with E-state index in [4.69, 9.17) is 0 Å². The highest BCUT2D eigenvalue weighted by atomic mass is 14.0. The van der Waals surface area contributed by atoms with Gasteiger partial charge in [0.2, 0.25) is 0 Å². The highest BCUT2D eigenvalue weighted by Crippen LogP contribution is 2.15. The largest absolute Gasteiger partial charge is 0.0786 e. The van der Waals surface area contributed by atoms with Crippen LogP contribution in [0.2, 0.25) is 0 Å². The van der Waals surface area contributed by atoms with Crippen LogP contribution in [0, 0.1) is 5.92 Å². The molecule has 0 saturated carbocycles. The average molecular weight is 148 g/mol. The first-order chi connectivity index (χ1) is 5.18. The maximum atomic E-state index is 2.33. The first kappa shape index (κ1) is 8.32. The molecule has 0 bridgehead atoms. The zero-order valence-corrected chi connectivity index (χ0v) is 7.59. The normalized spacial score (nSPS) is 37.5. The highest BCUT2D eigenvalue weighted by molar-refractivity contribution is 5.22. The molecular formula is C11H16. The van der Waals surface area contributed by atoms with Crippen molar-refractivity contribution in [2.75, 3.05) is 0 Å². The summed E-state index contributed by atoms with van der Waals surface area (Å²) < 4.78 is 0. The third-order valence-corrected chi connectivity index (χ3v) is 1.90. The number of allylic oxidation sites excluding steroid dienone is 6. The minimum absolute atomic E-state index is 0.597. The quantitative estimate of drug-likeness (QED) is 0.461. The van der Waals surface area contributed by atoms with Gasteiger partial charge in [0.15, 0.2) is 0 Å². The zero-order chi connectivity index (χ0) is 8.27. The van der Waals surface area contributed by atoms with Gasteiger partial charge in [-0.2, -0.15) is 0 Å². The van der Waals surface area contributed by atoms with E-state index < -0.39 is 0 Å². The molecule has 0 aromatic heterocycles. The molecule has 0 N–H and O–H groups in total. The molecular weight excluding hydrogens is 132 g/mol. The Hall–Kier alpha value is -0.780. The molecule has 0 heteroatoms. The molecule has 0 aromatic carbocycles. The molecule has 0 spiro atoms. The van der Waals surface area contributed by atoms with E-state index in [2.05, 4.69) is 45.1 Å². The van der Waals surface area contributed by atoms with Crippen molar-refractivity contribution in [3.05, 3.63) is 35.5 Å². The van der Waals surface area contributed by atoms with Gasteiger partial charge in [-0.1, -0.05) is 42.4 Å². The summed E-state index contributed by atoms with van der Waals surface area (Å²) in [5.41, 5.74) is 2.93. The van der Waals surface area contributed by atoms with Crippen LogP contribution >= 0.6 is 0 Å². The Bertz CT molecular complexity index is 216. The summed E-state index contributed by atoms with van der Waals surface area (Å²) in [7, 11) is 0. The van der Waals surface area contributed by atoms with E-state index >= 15 is 0 Å². The number of hydrogen-bond acceptors (Lipinski definition) is 0. The standard InChI is InChI=1S/C11H16/c1-9-5-4-6-10(2)8-11(3)7-9/h4-7,9H,8H2,1-3H3/b5-4+,10-6-,11-7+. The summed E-state index contributed by atoms with van der Waals surface area (Å²) in [6.07, 6.45) is 10.0. The van der Waals surface area contributed by atoms with Gasteiger partial charge in [0, 0.05) is 0 Å². The molecule has 0 aromatic rings. The second kappa shape index (κ2) is 3.56. The van der Waals surface area contributed by atoms with Gasteiger partial charge < -0.3 is 0 Å². The third kappa shape index (κ3) is 2.75. The Labute approximate surface area is 69.3 Å². The lowest BCUT2D eigenvalue weighted by Gasteiger charge is -2.07. The van der Waals surface area contributed by atoms with Crippen LogP contribution in [0.25, 0.3) is 0 Å². The lowest BCUT2D eigenvalue weighted by atomic mass is 9.99. The summed E-state index contributed by atoms with van der Waals surface area (Å²) in [4.78, 5) is 0. The van der Waals surface area contributed by atoms with Gasteiger partial charge in [-0.3, -0.25) is 0 Å². The van der Waals surface area contributed by atoms with E-state index in [1.54, 1.807) is 0 Å². The molecule has 1 aliphatic carbocycles. The van der Waals surface area contributed by atoms with Crippen LogP contribution in [0.4, 0.5) is 0 Å². The summed E-state index contributed by atoms with van der Waals surface area (Å²) in [5, 5.41) is 0. The molecule has 0 heterocycles. The summed E-state index contributed by atoms with van der Waals surface area (Å²) >= 11 is 0. The predicted octanol–water partition coefficient (Wildman–Crippen LogP) is 3.48. The summed E-state index contributed by atoms with van der Waals surface area (Å²) in [6.45, 7) is 6.60. The second-order valence-electron chi connectivity index (χ2n) is 3.45. The molecule has 0 amide bonds. The van der Waals surface area contributed by atoms with Crippen LogP contribution in [0.1, 0.15) is 27.2 Å². The van der Waals surface area contributed by atoms with Crippen LogP contribution in [0.15, 0.2) is 35.5 Å². The van der Waals surface area contributed by atoms with E-state index in [1.807, 2.05) is 0 Å². The zero-order valence-electron chi connectivity index (χ0n) is 7.59. The molecule has 1 rings (SSSR count). The van der Waals surface area contributed by atoms with Gasteiger partial charge in [0.25, 0.3) is 0 Å². The lowest BCUT2D eigenvalue weighted by molar-refractivity contribution is 0.904. The molecule has 0 nitrogen and oxygen atoms in total. The van der Waals surface area contributed by atoms with Crippen molar-refractivity contribution in [1.82, 2.24) is 0 Å². The molecule has 1 atom stereocenters.